The second-order valence-corrected chi connectivity index (χ2v) is 6.70. The summed E-state index contributed by atoms with van der Waals surface area (Å²) in [7, 11) is 0. The molecule has 1 N–H and O–H groups in total. The van der Waals surface area contributed by atoms with Gasteiger partial charge in [0.25, 0.3) is 0 Å². The highest BCUT2D eigenvalue weighted by Crippen LogP contribution is 2.32. The smallest absolute Gasteiger partial charge is 0.410 e. The second-order valence-electron chi connectivity index (χ2n) is 6.70. The van der Waals surface area contributed by atoms with Gasteiger partial charge in [0, 0.05) is 36.1 Å². The molecule has 1 aromatic heterocycles. The van der Waals surface area contributed by atoms with Crippen molar-refractivity contribution < 1.29 is 9.53 Å². The van der Waals surface area contributed by atoms with Gasteiger partial charge in [0.15, 0.2) is 0 Å². The number of carbonyl (C=O) groups is 1. The normalized spacial score (nSPS) is 19.2. The summed E-state index contributed by atoms with van der Waals surface area (Å²) in [5.41, 5.74) is 2.02. The molecule has 1 fully saturated rings. The number of nitrogens with one attached hydrogen (secondary N) is 1. The first-order chi connectivity index (χ1) is 9.94. The molecule has 0 saturated carbocycles. The summed E-state index contributed by atoms with van der Waals surface area (Å²) in [6.07, 6.45) is 2.86. The number of hydrogen-bond donors (Lipinski definition) is 1. The summed E-state index contributed by atoms with van der Waals surface area (Å²) in [5.74, 6) is 0.383. The monoisotopic (exact) mass is 286 g/mol. The fourth-order valence-electron chi connectivity index (χ4n) is 2.94. The molecule has 1 aliphatic rings. The summed E-state index contributed by atoms with van der Waals surface area (Å²) in [4.78, 5) is 17.3. The SMILES string of the molecule is CC(C)(C)OC(=O)N1CCC(c2c[nH]c3ccccc23)C1. The van der Waals surface area contributed by atoms with Gasteiger partial charge < -0.3 is 14.6 Å². The molecule has 0 aliphatic carbocycles. The van der Waals surface area contributed by atoms with Crippen LogP contribution in [0, 0.1) is 0 Å². The van der Waals surface area contributed by atoms with E-state index in [9.17, 15) is 4.79 Å². The molecule has 21 heavy (non-hydrogen) atoms. The molecule has 112 valence electrons. The van der Waals surface area contributed by atoms with E-state index >= 15 is 0 Å². The van der Waals surface area contributed by atoms with Gasteiger partial charge in [-0.3, -0.25) is 0 Å². The number of H-pyrrole nitrogens is 1. The quantitative estimate of drug-likeness (QED) is 0.864. The third-order valence-corrected chi connectivity index (χ3v) is 3.90. The van der Waals surface area contributed by atoms with Gasteiger partial charge in [0.1, 0.15) is 5.60 Å². The fourth-order valence-corrected chi connectivity index (χ4v) is 2.94. The zero-order valence-corrected chi connectivity index (χ0v) is 12.8. The number of hydrogen-bond acceptors (Lipinski definition) is 2. The molecule has 1 amide bonds. The maximum absolute atomic E-state index is 12.1. The first kappa shape index (κ1) is 14.0. The van der Waals surface area contributed by atoms with E-state index < -0.39 is 5.60 Å². The van der Waals surface area contributed by atoms with Crippen LogP contribution in [-0.2, 0) is 4.74 Å². The highest BCUT2D eigenvalue weighted by Gasteiger charge is 2.31. The Kier molecular flexibility index (Phi) is 3.40. The van der Waals surface area contributed by atoms with Crippen LogP contribution in [0.4, 0.5) is 4.79 Å². The minimum atomic E-state index is -0.435. The van der Waals surface area contributed by atoms with Gasteiger partial charge >= 0.3 is 6.09 Å². The van der Waals surface area contributed by atoms with Crippen LogP contribution < -0.4 is 0 Å². The maximum Gasteiger partial charge on any atom is 0.410 e. The number of aromatic amines is 1. The Labute approximate surface area is 125 Å². The van der Waals surface area contributed by atoms with E-state index in [2.05, 4.69) is 29.4 Å². The molecule has 1 unspecified atom stereocenters. The van der Waals surface area contributed by atoms with Gasteiger partial charge in [-0.15, -0.1) is 0 Å². The standard InChI is InChI=1S/C17H22N2O2/c1-17(2,3)21-16(20)19-9-8-12(11-19)14-10-18-15-7-5-4-6-13(14)15/h4-7,10,12,18H,8-9,11H2,1-3H3. The first-order valence-electron chi connectivity index (χ1n) is 7.48. The second kappa shape index (κ2) is 5.10. The van der Waals surface area contributed by atoms with Crippen LogP contribution in [0.5, 0.6) is 0 Å². The van der Waals surface area contributed by atoms with E-state index in [0.717, 1.165) is 25.0 Å². The number of fused-ring (bicyclic) bond motifs is 1. The number of para-hydroxylation sites is 1. The molecular weight excluding hydrogens is 264 g/mol. The Morgan fingerprint density at radius 1 is 1.33 bits per heavy atom. The lowest BCUT2D eigenvalue weighted by atomic mass is 9.98. The van der Waals surface area contributed by atoms with E-state index in [1.807, 2.05) is 31.7 Å². The average Bonchev–Trinajstić information content (AvgIpc) is 3.03. The van der Waals surface area contributed by atoms with Crippen molar-refractivity contribution in [3.63, 3.8) is 0 Å². The van der Waals surface area contributed by atoms with Gasteiger partial charge in [-0.2, -0.15) is 0 Å². The Bertz CT molecular complexity index is 654. The van der Waals surface area contributed by atoms with E-state index in [-0.39, 0.29) is 6.09 Å². The predicted molar refractivity (Wildman–Crippen MR) is 83.5 cm³/mol. The minimum absolute atomic E-state index is 0.204. The van der Waals surface area contributed by atoms with Crippen LogP contribution in [0.1, 0.15) is 38.7 Å². The lowest BCUT2D eigenvalue weighted by molar-refractivity contribution is 0.0292. The lowest BCUT2D eigenvalue weighted by Crippen LogP contribution is -2.35. The van der Waals surface area contributed by atoms with Crippen molar-refractivity contribution in [2.75, 3.05) is 13.1 Å². The molecule has 2 heterocycles. The van der Waals surface area contributed by atoms with Crippen LogP contribution in [0.2, 0.25) is 0 Å². The zero-order chi connectivity index (χ0) is 15.0. The van der Waals surface area contributed by atoms with Gasteiger partial charge in [0.05, 0.1) is 0 Å². The zero-order valence-electron chi connectivity index (χ0n) is 12.8. The summed E-state index contributed by atoms with van der Waals surface area (Å²) in [6.45, 7) is 7.20. The van der Waals surface area contributed by atoms with E-state index in [4.69, 9.17) is 4.74 Å². The first-order valence-corrected chi connectivity index (χ1v) is 7.48. The van der Waals surface area contributed by atoms with Crippen molar-refractivity contribution >= 4 is 17.0 Å². The van der Waals surface area contributed by atoms with Crippen LogP contribution in [0.25, 0.3) is 10.9 Å². The topological polar surface area (TPSA) is 45.3 Å². The van der Waals surface area contributed by atoms with E-state index in [1.54, 1.807) is 0 Å². The van der Waals surface area contributed by atoms with Crippen LogP contribution in [0.3, 0.4) is 0 Å². The number of rotatable bonds is 1. The highest BCUT2D eigenvalue weighted by atomic mass is 16.6. The summed E-state index contributed by atoms with van der Waals surface area (Å²) in [6, 6.07) is 8.31. The fraction of sp³-hybridized carbons (Fsp3) is 0.471. The molecule has 0 spiro atoms. The number of likely N-dealkylation sites (tertiary alicyclic amines) is 1. The van der Waals surface area contributed by atoms with Crippen molar-refractivity contribution in [3.05, 3.63) is 36.0 Å². The van der Waals surface area contributed by atoms with Gasteiger partial charge in [-0.25, -0.2) is 4.79 Å². The number of amides is 1. The molecule has 0 bridgehead atoms. The third-order valence-electron chi connectivity index (χ3n) is 3.90. The molecule has 1 aromatic carbocycles. The largest absolute Gasteiger partial charge is 0.444 e. The Morgan fingerprint density at radius 3 is 2.86 bits per heavy atom. The molecule has 1 aliphatic heterocycles. The average molecular weight is 286 g/mol. The van der Waals surface area contributed by atoms with Crippen molar-refractivity contribution in [3.8, 4) is 0 Å². The van der Waals surface area contributed by atoms with Crippen molar-refractivity contribution in [1.29, 1.82) is 0 Å². The Morgan fingerprint density at radius 2 is 2.10 bits per heavy atom. The summed E-state index contributed by atoms with van der Waals surface area (Å²) >= 11 is 0. The summed E-state index contributed by atoms with van der Waals surface area (Å²) < 4.78 is 5.45. The maximum atomic E-state index is 12.1. The molecule has 0 radical (unpaired) electrons. The minimum Gasteiger partial charge on any atom is -0.444 e. The van der Waals surface area contributed by atoms with Crippen LogP contribution in [-0.4, -0.2) is 34.7 Å². The molecule has 1 saturated heterocycles. The van der Waals surface area contributed by atoms with Crippen molar-refractivity contribution in [1.82, 2.24) is 9.88 Å². The van der Waals surface area contributed by atoms with Gasteiger partial charge in [0.2, 0.25) is 0 Å². The lowest BCUT2D eigenvalue weighted by Gasteiger charge is -2.24. The van der Waals surface area contributed by atoms with Gasteiger partial charge in [-0.05, 0) is 38.8 Å². The molecule has 4 nitrogen and oxygen atoms in total. The van der Waals surface area contributed by atoms with Crippen LogP contribution in [0.15, 0.2) is 30.5 Å². The molecule has 3 rings (SSSR count). The van der Waals surface area contributed by atoms with Crippen LogP contribution >= 0.6 is 0 Å². The number of ether oxygens (including phenoxy) is 1. The van der Waals surface area contributed by atoms with E-state index in [1.165, 1.54) is 10.9 Å². The molecule has 4 heteroatoms. The van der Waals surface area contributed by atoms with Crippen molar-refractivity contribution in [2.24, 2.45) is 0 Å². The van der Waals surface area contributed by atoms with E-state index in [0.29, 0.717) is 5.92 Å². The number of carbonyl (C=O) groups excluding carboxylic acids is 1. The Hall–Kier alpha value is -1.97. The summed E-state index contributed by atoms with van der Waals surface area (Å²) in [5, 5.41) is 1.26. The molecule has 1 atom stereocenters. The number of benzene rings is 1. The Balaban J connectivity index is 1.74. The predicted octanol–water partition coefficient (Wildman–Crippen LogP) is 3.89. The molecular formula is C17H22N2O2. The van der Waals surface area contributed by atoms with Crippen molar-refractivity contribution in [2.45, 2.75) is 38.7 Å². The third kappa shape index (κ3) is 2.89. The highest BCUT2D eigenvalue weighted by molar-refractivity contribution is 5.83. The van der Waals surface area contributed by atoms with Gasteiger partial charge in [-0.1, -0.05) is 18.2 Å². The number of aromatic nitrogens is 1. The molecule has 2 aromatic rings. The number of nitrogens with zero attached hydrogens (tertiary/aromatic N) is 1.